The van der Waals surface area contributed by atoms with Gasteiger partial charge in [-0.3, -0.25) is 4.84 Å². The first kappa shape index (κ1) is 12.9. The molecule has 0 fully saturated rings. The molecule has 1 aromatic heterocycles. The molecule has 3 nitrogen and oxygen atoms in total. The molecule has 2 aromatic carbocycles. The lowest BCUT2D eigenvalue weighted by atomic mass is 10.2. The van der Waals surface area contributed by atoms with Crippen LogP contribution in [-0.2, 0) is 11.4 Å². The summed E-state index contributed by atoms with van der Waals surface area (Å²) in [6, 6.07) is 20.1. The third kappa shape index (κ3) is 2.90. The highest BCUT2D eigenvalue weighted by molar-refractivity contribution is 5.77. The smallest absolute Gasteiger partial charge is 0.134 e. The van der Waals surface area contributed by atoms with E-state index in [0.29, 0.717) is 6.61 Å². The van der Waals surface area contributed by atoms with Crippen LogP contribution in [0.4, 0.5) is 0 Å². The highest BCUT2D eigenvalue weighted by atomic mass is 16.6. The maximum atomic E-state index is 5.79. The van der Waals surface area contributed by atoms with E-state index in [4.69, 9.17) is 9.25 Å². The first-order valence-corrected chi connectivity index (χ1v) is 6.72. The van der Waals surface area contributed by atoms with Crippen LogP contribution in [0.1, 0.15) is 24.3 Å². The van der Waals surface area contributed by atoms with Crippen LogP contribution >= 0.6 is 0 Å². The lowest BCUT2D eigenvalue weighted by Crippen LogP contribution is -2.18. The molecule has 0 amide bonds. The van der Waals surface area contributed by atoms with Gasteiger partial charge >= 0.3 is 0 Å². The molecule has 1 heterocycles. The Morgan fingerprint density at radius 3 is 2.60 bits per heavy atom. The third-order valence-corrected chi connectivity index (χ3v) is 3.21. The standard InChI is InChI=1S/C17H17NO2/c1-13(18-19-12-14-7-3-2-4-8-14)17-11-15-9-5-6-10-16(15)20-17/h2-11,13,18H,12H2,1H3/t13-/m1/s1. The molecular weight excluding hydrogens is 250 g/mol. The number of benzene rings is 2. The number of furan rings is 1. The summed E-state index contributed by atoms with van der Waals surface area (Å²) in [7, 11) is 0. The summed E-state index contributed by atoms with van der Waals surface area (Å²) < 4.78 is 5.79. The van der Waals surface area contributed by atoms with E-state index >= 15 is 0 Å². The third-order valence-electron chi connectivity index (χ3n) is 3.21. The minimum atomic E-state index is 0.00566. The van der Waals surface area contributed by atoms with Gasteiger partial charge in [-0.05, 0) is 24.6 Å². The van der Waals surface area contributed by atoms with E-state index in [9.17, 15) is 0 Å². The van der Waals surface area contributed by atoms with E-state index in [2.05, 4.69) is 5.48 Å². The van der Waals surface area contributed by atoms with Crippen molar-refractivity contribution in [3.05, 3.63) is 72.0 Å². The summed E-state index contributed by atoms with van der Waals surface area (Å²) in [4.78, 5) is 5.52. The number of para-hydroxylation sites is 1. The van der Waals surface area contributed by atoms with E-state index in [1.54, 1.807) is 0 Å². The van der Waals surface area contributed by atoms with Gasteiger partial charge in [0.05, 0.1) is 12.6 Å². The molecule has 102 valence electrons. The van der Waals surface area contributed by atoms with Crippen molar-refractivity contribution in [1.82, 2.24) is 5.48 Å². The number of fused-ring (bicyclic) bond motifs is 1. The summed E-state index contributed by atoms with van der Waals surface area (Å²) in [6.45, 7) is 2.55. The molecule has 3 aromatic rings. The summed E-state index contributed by atoms with van der Waals surface area (Å²) in [6.07, 6.45) is 0. The lowest BCUT2D eigenvalue weighted by molar-refractivity contribution is 0.00292. The van der Waals surface area contributed by atoms with Crippen LogP contribution in [0.25, 0.3) is 11.0 Å². The summed E-state index contributed by atoms with van der Waals surface area (Å²) >= 11 is 0. The zero-order valence-electron chi connectivity index (χ0n) is 11.4. The molecule has 1 N–H and O–H groups in total. The Hall–Kier alpha value is -2.10. The minimum Gasteiger partial charge on any atom is -0.459 e. The molecule has 0 aliphatic carbocycles. The van der Waals surface area contributed by atoms with Gasteiger partial charge in [0, 0.05) is 5.39 Å². The molecule has 0 saturated heterocycles. The Morgan fingerprint density at radius 2 is 1.80 bits per heavy atom. The molecule has 0 spiro atoms. The van der Waals surface area contributed by atoms with E-state index in [-0.39, 0.29) is 6.04 Å². The Labute approximate surface area is 118 Å². The fourth-order valence-corrected chi connectivity index (χ4v) is 2.10. The monoisotopic (exact) mass is 267 g/mol. The van der Waals surface area contributed by atoms with Crippen LogP contribution in [0, 0.1) is 0 Å². The van der Waals surface area contributed by atoms with Gasteiger partial charge < -0.3 is 4.42 Å². The first-order chi connectivity index (χ1) is 9.83. The highest BCUT2D eigenvalue weighted by Gasteiger charge is 2.11. The maximum absolute atomic E-state index is 5.79. The molecule has 3 heteroatoms. The van der Waals surface area contributed by atoms with Crippen LogP contribution < -0.4 is 5.48 Å². The highest BCUT2D eigenvalue weighted by Crippen LogP contribution is 2.23. The fraction of sp³-hybridized carbons (Fsp3) is 0.176. The summed E-state index contributed by atoms with van der Waals surface area (Å²) in [5.41, 5.74) is 5.05. The van der Waals surface area contributed by atoms with Crippen LogP contribution in [0.3, 0.4) is 0 Å². The molecule has 0 aliphatic rings. The summed E-state index contributed by atoms with van der Waals surface area (Å²) in [5, 5.41) is 1.11. The maximum Gasteiger partial charge on any atom is 0.134 e. The minimum absolute atomic E-state index is 0.00566. The quantitative estimate of drug-likeness (QED) is 0.703. The van der Waals surface area contributed by atoms with Gasteiger partial charge in [0.15, 0.2) is 0 Å². The van der Waals surface area contributed by atoms with Crippen LogP contribution in [-0.4, -0.2) is 0 Å². The Kier molecular flexibility index (Phi) is 3.81. The topological polar surface area (TPSA) is 34.4 Å². The second-order valence-electron chi connectivity index (χ2n) is 4.80. The predicted molar refractivity (Wildman–Crippen MR) is 79.0 cm³/mol. The van der Waals surface area contributed by atoms with E-state index in [1.165, 1.54) is 0 Å². The van der Waals surface area contributed by atoms with E-state index in [0.717, 1.165) is 22.3 Å². The Balaban J connectivity index is 1.60. The van der Waals surface area contributed by atoms with E-state index in [1.807, 2.05) is 67.6 Å². The molecule has 0 saturated carbocycles. The van der Waals surface area contributed by atoms with Crippen molar-refractivity contribution in [3.63, 3.8) is 0 Å². The van der Waals surface area contributed by atoms with Gasteiger partial charge in [-0.25, -0.2) is 0 Å². The SMILES string of the molecule is C[C@@H](NOCc1ccccc1)c1cc2ccccc2o1. The molecule has 0 unspecified atom stereocenters. The summed E-state index contributed by atoms with van der Waals surface area (Å²) in [5.74, 6) is 0.874. The Bertz CT molecular complexity index is 643. The van der Waals surface area contributed by atoms with Crippen LogP contribution in [0.2, 0.25) is 0 Å². The molecule has 0 aliphatic heterocycles. The van der Waals surface area contributed by atoms with Crippen LogP contribution in [0.5, 0.6) is 0 Å². The van der Waals surface area contributed by atoms with Crippen molar-refractivity contribution in [2.45, 2.75) is 19.6 Å². The van der Waals surface area contributed by atoms with Gasteiger partial charge in [-0.2, -0.15) is 5.48 Å². The van der Waals surface area contributed by atoms with Gasteiger partial charge in [0.2, 0.25) is 0 Å². The average molecular weight is 267 g/mol. The average Bonchev–Trinajstić information content (AvgIpc) is 2.92. The van der Waals surface area contributed by atoms with Gasteiger partial charge in [-0.1, -0.05) is 48.5 Å². The predicted octanol–water partition coefficient (Wildman–Crippen LogP) is 4.22. The van der Waals surface area contributed by atoms with Gasteiger partial charge in [0.1, 0.15) is 11.3 Å². The number of hydrogen-bond donors (Lipinski definition) is 1. The van der Waals surface area contributed by atoms with Crippen molar-refractivity contribution in [2.75, 3.05) is 0 Å². The molecule has 0 radical (unpaired) electrons. The number of hydrogen-bond acceptors (Lipinski definition) is 3. The molecule has 20 heavy (non-hydrogen) atoms. The number of hydroxylamine groups is 1. The van der Waals surface area contributed by atoms with Gasteiger partial charge in [0.25, 0.3) is 0 Å². The van der Waals surface area contributed by atoms with Crippen molar-refractivity contribution >= 4 is 11.0 Å². The van der Waals surface area contributed by atoms with Crippen molar-refractivity contribution in [2.24, 2.45) is 0 Å². The molecule has 3 rings (SSSR count). The second kappa shape index (κ2) is 5.90. The van der Waals surface area contributed by atoms with Gasteiger partial charge in [-0.15, -0.1) is 0 Å². The zero-order valence-corrected chi connectivity index (χ0v) is 11.4. The zero-order chi connectivity index (χ0) is 13.8. The Morgan fingerprint density at radius 1 is 1.05 bits per heavy atom. The van der Waals surface area contributed by atoms with Crippen molar-refractivity contribution < 1.29 is 9.25 Å². The largest absolute Gasteiger partial charge is 0.459 e. The molecule has 0 bridgehead atoms. The van der Waals surface area contributed by atoms with Crippen molar-refractivity contribution in [3.8, 4) is 0 Å². The number of rotatable bonds is 5. The molecule has 1 atom stereocenters. The molecular formula is C17H17NO2. The normalized spacial score (nSPS) is 12.7. The van der Waals surface area contributed by atoms with E-state index < -0.39 is 0 Å². The second-order valence-corrected chi connectivity index (χ2v) is 4.80. The number of nitrogens with one attached hydrogen (secondary N) is 1. The van der Waals surface area contributed by atoms with Crippen LogP contribution in [0.15, 0.2) is 65.1 Å². The lowest BCUT2D eigenvalue weighted by Gasteiger charge is -2.11. The fourth-order valence-electron chi connectivity index (χ4n) is 2.10. The van der Waals surface area contributed by atoms with Crippen molar-refractivity contribution in [1.29, 1.82) is 0 Å². The first-order valence-electron chi connectivity index (χ1n) is 6.72.